The molecule has 1 saturated carbocycles. The van der Waals surface area contributed by atoms with Gasteiger partial charge in [0.15, 0.2) is 0 Å². The number of nitrogens with one attached hydrogen (secondary N) is 1. The summed E-state index contributed by atoms with van der Waals surface area (Å²) in [6, 6.07) is 6.68. The van der Waals surface area contributed by atoms with E-state index in [-0.39, 0.29) is 12.1 Å². The molecule has 3 N–H and O–H groups in total. The second kappa shape index (κ2) is 5.61. The minimum Gasteiger partial charge on any atom is -0.324 e. The molecule has 0 saturated heterocycles. The largest absolute Gasteiger partial charge is 0.324 e. The zero-order valence-corrected chi connectivity index (χ0v) is 12.3. The zero-order valence-electron chi connectivity index (χ0n) is 11.5. The summed E-state index contributed by atoms with van der Waals surface area (Å²) in [5.41, 5.74) is 6.69. The van der Waals surface area contributed by atoms with E-state index in [1.165, 1.54) is 12.8 Å². The molecule has 0 heterocycles. The number of sulfonamides is 1. The summed E-state index contributed by atoms with van der Waals surface area (Å²) in [7, 11) is -3.41. The summed E-state index contributed by atoms with van der Waals surface area (Å²) in [5, 5.41) is 0. The standard InChI is InChI=1S/C14H22N2O2S/c1-10(9-12-3-4-12)16-19(17,18)14-7-5-13(6-8-14)11(2)15/h5-8,10-12,16H,3-4,9,15H2,1-2H3. The predicted octanol–water partition coefficient (Wildman–Crippen LogP) is 2.17. The summed E-state index contributed by atoms with van der Waals surface area (Å²) in [5.74, 6) is 0.707. The molecule has 5 heteroatoms. The second-order valence-electron chi connectivity index (χ2n) is 5.56. The number of hydrogen-bond acceptors (Lipinski definition) is 3. The Bertz CT molecular complexity index is 519. The van der Waals surface area contributed by atoms with Gasteiger partial charge in [-0.15, -0.1) is 0 Å². The van der Waals surface area contributed by atoms with Crippen molar-refractivity contribution in [3.05, 3.63) is 29.8 Å². The predicted molar refractivity (Wildman–Crippen MR) is 76.2 cm³/mol. The Balaban J connectivity index is 2.05. The number of nitrogens with two attached hydrogens (primary N) is 1. The minimum atomic E-state index is -3.41. The maximum atomic E-state index is 12.2. The Labute approximate surface area is 115 Å². The highest BCUT2D eigenvalue weighted by Gasteiger charge is 2.26. The lowest BCUT2D eigenvalue weighted by Gasteiger charge is -2.14. The Morgan fingerprint density at radius 3 is 2.32 bits per heavy atom. The van der Waals surface area contributed by atoms with Crippen LogP contribution in [0.2, 0.25) is 0 Å². The smallest absolute Gasteiger partial charge is 0.240 e. The fraction of sp³-hybridized carbons (Fsp3) is 0.571. The van der Waals surface area contributed by atoms with Gasteiger partial charge in [-0.05, 0) is 43.9 Å². The molecule has 1 aromatic rings. The molecule has 0 spiro atoms. The summed E-state index contributed by atoms with van der Waals surface area (Å²) in [6.07, 6.45) is 3.39. The molecule has 2 atom stereocenters. The molecule has 1 fully saturated rings. The molecule has 1 aromatic carbocycles. The quantitative estimate of drug-likeness (QED) is 0.840. The highest BCUT2D eigenvalue weighted by molar-refractivity contribution is 7.89. The number of hydrogen-bond donors (Lipinski definition) is 2. The van der Waals surface area contributed by atoms with Crippen molar-refractivity contribution in [1.29, 1.82) is 0 Å². The highest BCUT2D eigenvalue weighted by Crippen LogP contribution is 2.33. The third kappa shape index (κ3) is 4.03. The van der Waals surface area contributed by atoms with Crippen molar-refractivity contribution in [1.82, 2.24) is 4.72 Å². The van der Waals surface area contributed by atoms with Crippen molar-refractivity contribution in [2.75, 3.05) is 0 Å². The normalized spacial score (nSPS) is 19.1. The van der Waals surface area contributed by atoms with Crippen LogP contribution in [0.4, 0.5) is 0 Å². The molecule has 2 unspecified atom stereocenters. The van der Waals surface area contributed by atoms with Crippen molar-refractivity contribution in [3.8, 4) is 0 Å². The Morgan fingerprint density at radius 1 is 1.26 bits per heavy atom. The molecular formula is C14H22N2O2S. The van der Waals surface area contributed by atoms with E-state index in [0.717, 1.165) is 12.0 Å². The fourth-order valence-electron chi connectivity index (χ4n) is 2.19. The maximum absolute atomic E-state index is 12.2. The van der Waals surface area contributed by atoms with E-state index in [1.54, 1.807) is 24.3 Å². The molecule has 0 radical (unpaired) electrons. The third-order valence-corrected chi connectivity index (χ3v) is 5.06. The van der Waals surface area contributed by atoms with Crippen LogP contribution in [0.25, 0.3) is 0 Å². The summed E-state index contributed by atoms with van der Waals surface area (Å²) in [4.78, 5) is 0.305. The van der Waals surface area contributed by atoms with Crippen molar-refractivity contribution in [3.63, 3.8) is 0 Å². The number of rotatable bonds is 6. The SMILES string of the molecule is CC(CC1CC1)NS(=O)(=O)c1ccc(C(C)N)cc1. The molecule has 1 aliphatic rings. The Kier molecular flexibility index (Phi) is 4.28. The first-order valence-electron chi connectivity index (χ1n) is 6.76. The zero-order chi connectivity index (χ0) is 14.0. The molecule has 2 rings (SSSR count). The third-order valence-electron chi connectivity index (χ3n) is 3.46. The maximum Gasteiger partial charge on any atom is 0.240 e. The van der Waals surface area contributed by atoms with Crippen molar-refractivity contribution in [2.24, 2.45) is 11.7 Å². The van der Waals surface area contributed by atoms with Crippen LogP contribution in [-0.2, 0) is 10.0 Å². The minimum absolute atomic E-state index is 0.00870. The van der Waals surface area contributed by atoms with E-state index in [4.69, 9.17) is 5.73 Å². The van der Waals surface area contributed by atoms with Crippen molar-refractivity contribution >= 4 is 10.0 Å². The lowest BCUT2D eigenvalue weighted by Crippen LogP contribution is -2.32. The summed E-state index contributed by atoms with van der Waals surface area (Å²) >= 11 is 0. The van der Waals surface area contributed by atoms with Gasteiger partial charge in [0.1, 0.15) is 0 Å². The van der Waals surface area contributed by atoms with Gasteiger partial charge in [-0.3, -0.25) is 0 Å². The van der Waals surface area contributed by atoms with Crippen LogP contribution in [0.1, 0.15) is 44.7 Å². The first-order valence-corrected chi connectivity index (χ1v) is 8.24. The summed E-state index contributed by atoms with van der Waals surface area (Å²) < 4.78 is 27.1. The summed E-state index contributed by atoms with van der Waals surface area (Å²) in [6.45, 7) is 3.80. The van der Waals surface area contributed by atoms with Gasteiger partial charge < -0.3 is 5.73 Å². The number of benzene rings is 1. The molecular weight excluding hydrogens is 260 g/mol. The van der Waals surface area contributed by atoms with Gasteiger partial charge in [0.05, 0.1) is 4.90 Å². The van der Waals surface area contributed by atoms with E-state index >= 15 is 0 Å². The van der Waals surface area contributed by atoms with Gasteiger partial charge in [-0.1, -0.05) is 25.0 Å². The van der Waals surface area contributed by atoms with Gasteiger partial charge in [0.25, 0.3) is 0 Å². The van der Waals surface area contributed by atoms with E-state index in [2.05, 4.69) is 4.72 Å². The van der Waals surface area contributed by atoms with Crippen molar-refractivity contribution in [2.45, 2.75) is 50.1 Å². The first-order chi connectivity index (χ1) is 8.88. The molecule has 0 bridgehead atoms. The van der Waals surface area contributed by atoms with E-state index in [9.17, 15) is 8.42 Å². The van der Waals surface area contributed by atoms with E-state index < -0.39 is 10.0 Å². The van der Waals surface area contributed by atoms with Crippen LogP contribution in [0.15, 0.2) is 29.2 Å². The van der Waals surface area contributed by atoms with Crippen LogP contribution in [0.3, 0.4) is 0 Å². The molecule has 1 aliphatic carbocycles. The molecule has 0 amide bonds. The van der Waals surface area contributed by atoms with Crippen molar-refractivity contribution < 1.29 is 8.42 Å². The van der Waals surface area contributed by atoms with Gasteiger partial charge in [-0.2, -0.15) is 0 Å². The molecule has 0 aromatic heterocycles. The molecule has 0 aliphatic heterocycles. The van der Waals surface area contributed by atoms with Crippen LogP contribution in [0.5, 0.6) is 0 Å². The molecule has 19 heavy (non-hydrogen) atoms. The van der Waals surface area contributed by atoms with Crippen LogP contribution >= 0.6 is 0 Å². The van der Waals surface area contributed by atoms with Crippen LogP contribution < -0.4 is 10.5 Å². The van der Waals surface area contributed by atoms with E-state index in [1.807, 2.05) is 13.8 Å². The van der Waals surface area contributed by atoms with Crippen LogP contribution in [-0.4, -0.2) is 14.5 Å². The highest BCUT2D eigenvalue weighted by atomic mass is 32.2. The Hall–Kier alpha value is -0.910. The van der Waals surface area contributed by atoms with Gasteiger partial charge in [0.2, 0.25) is 10.0 Å². The van der Waals surface area contributed by atoms with Gasteiger partial charge >= 0.3 is 0 Å². The monoisotopic (exact) mass is 282 g/mol. The lowest BCUT2D eigenvalue weighted by molar-refractivity contribution is 0.530. The Morgan fingerprint density at radius 2 is 1.84 bits per heavy atom. The van der Waals surface area contributed by atoms with Crippen LogP contribution in [0, 0.1) is 5.92 Å². The molecule has 106 valence electrons. The lowest BCUT2D eigenvalue weighted by atomic mass is 10.1. The average Bonchev–Trinajstić information content (AvgIpc) is 3.12. The average molecular weight is 282 g/mol. The van der Waals surface area contributed by atoms with Gasteiger partial charge in [0, 0.05) is 12.1 Å². The topological polar surface area (TPSA) is 72.2 Å². The second-order valence-corrected chi connectivity index (χ2v) is 7.27. The fourth-order valence-corrected chi connectivity index (χ4v) is 3.44. The molecule has 4 nitrogen and oxygen atoms in total. The van der Waals surface area contributed by atoms with Gasteiger partial charge in [-0.25, -0.2) is 13.1 Å². The van der Waals surface area contributed by atoms with E-state index in [0.29, 0.717) is 10.8 Å². The first kappa shape index (κ1) is 14.5.